The van der Waals surface area contributed by atoms with E-state index in [1.807, 2.05) is 18.2 Å². The molecule has 0 unspecified atom stereocenters. The van der Waals surface area contributed by atoms with Gasteiger partial charge in [0.2, 0.25) is 5.91 Å². The largest absolute Gasteiger partial charge is 0.355 e. The molecule has 3 rings (SSSR count). The summed E-state index contributed by atoms with van der Waals surface area (Å²) in [5.74, 6) is 0.924. The number of fused-ring (bicyclic) bond motifs is 1. The van der Waals surface area contributed by atoms with E-state index in [0.29, 0.717) is 29.7 Å². The highest BCUT2D eigenvalue weighted by molar-refractivity contribution is 5.78. The zero-order valence-electron chi connectivity index (χ0n) is 12.6. The average molecular weight is 299 g/mol. The quantitative estimate of drug-likeness (QED) is 0.908. The van der Waals surface area contributed by atoms with Gasteiger partial charge in [0.25, 0.3) is 5.56 Å². The normalized spacial score (nSPS) is 15.8. The van der Waals surface area contributed by atoms with Crippen molar-refractivity contribution in [2.24, 2.45) is 5.92 Å². The van der Waals surface area contributed by atoms with Gasteiger partial charge >= 0.3 is 0 Å². The highest BCUT2D eigenvalue weighted by atomic mass is 16.2. The Labute approximate surface area is 129 Å². The molecule has 1 aliphatic carbocycles. The van der Waals surface area contributed by atoms with Crippen molar-refractivity contribution in [3.8, 4) is 0 Å². The highest BCUT2D eigenvalue weighted by Crippen LogP contribution is 2.23. The van der Waals surface area contributed by atoms with Crippen LogP contribution in [0.25, 0.3) is 10.9 Å². The number of aromatic amines is 1. The first-order valence-corrected chi connectivity index (χ1v) is 8.00. The minimum Gasteiger partial charge on any atom is -0.355 e. The Kier molecular flexibility index (Phi) is 4.51. The van der Waals surface area contributed by atoms with Gasteiger partial charge in [-0.15, -0.1) is 0 Å². The van der Waals surface area contributed by atoms with Crippen LogP contribution >= 0.6 is 0 Å². The van der Waals surface area contributed by atoms with Gasteiger partial charge < -0.3 is 10.3 Å². The average Bonchev–Trinajstić information content (AvgIpc) is 2.56. The Bertz CT molecular complexity index is 717. The molecule has 1 heterocycles. The van der Waals surface area contributed by atoms with Gasteiger partial charge in [-0.3, -0.25) is 9.59 Å². The lowest BCUT2D eigenvalue weighted by Gasteiger charge is -2.20. The van der Waals surface area contributed by atoms with Crippen LogP contribution in [0, 0.1) is 5.92 Å². The van der Waals surface area contributed by atoms with Crippen LogP contribution in [0.5, 0.6) is 0 Å². The summed E-state index contributed by atoms with van der Waals surface area (Å²) >= 11 is 0. The molecule has 0 bridgehead atoms. The molecule has 1 saturated carbocycles. The SMILES string of the molecule is O=C(NCCc1nc2ccccc2c(=O)[nH]1)C1CCCCC1. The molecule has 5 nitrogen and oxygen atoms in total. The van der Waals surface area contributed by atoms with Crippen LogP contribution in [0.2, 0.25) is 0 Å². The van der Waals surface area contributed by atoms with Gasteiger partial charge in [0.15, 0.2) is 0 Å². The van der Waals surface area contributed by atoms with E-state index in [-0.39, 0.29) is 17.4 Å². The van der Waals surface area contributed by atoms with E-state index in [1.54, 1.807) is 6.07 Å². The Balaban J connectivity index is 1.59. The standard InChI is InChI=1S/C17H21N3O2/c21-16(12-6-2-1-3-7-12)18-11-10-15-19-14-9-5-4-8-13(14)17(22)20-15/h4-5,8-9,12H,1-3,6-7,10-11H2,(H,18,21)(H,19,20,22). The van der Waals surface area contributed by atoms with Crippen LogP contribution in [-0.2, 0) is 11.2 Å². The van der Waals surface area contributed by atoms with Gasteiger partial charge in [0.1, 0.15) is 5.82 Å². The van der Waals surface area contributed by atoms with Gasteiger partial charge in [-0.05, 0) is 25.0 Å². The van der Waals surface area contributed by atoms with Crippen molar-refractivity contribution >= 4 is 16.8 Å². The summed E-state index contributed by atoms with van der Waals surface area (Å²) < 4.78 is 0. The number of benzene rings is 1. The molecule has 2 aromatic rings. The van der Waals surface area contributed by atoms with Gasteiger partial charge in [-0.25, -0.2) is 4.98 Å². The number of hydrogen-bond donors (Lipinski definition) is 2. The first-order valence-electron chi connectivity index (χ1n) is 8.00. The molecule has 0 atom stereocenters. The van der Waals surface area contributed by atoms with Gasteiger partial charge in [-0.1, -0.05) is 31.4 Å². The summed E-state index contributed by atoms with van der Waals surface area (Å²) in [7, 11) is 0. The molecule has 1 aromatic carbocycles. The number of carbonyl (C=O) groups excluding carboxylic acids is 1. The fourth-order valence-corrected chi connectivity index (χ4v) is 3.07. The van der Waals surface area contributed by atoms with Crippen LogP contribution in [0.1, 0.15) is 37.9 Å². The van der Waals surface area contributed by atoms with Crippen molar-refractivity contribution in [2.45, 2.75) is 38.5 Å². The lowest BCUT2D eigenvalue weighted by molar-refractivity contribution is -0.125. The van der Waals surface area contributed by atoms with E-state index in [4.69, 9.17) is 0 Å². The Morgan fingerprint density at radius 2 is 2.00 bits per heavy atom. The molecule has 1 aromatic heterocycles. The van der Waals surface area contributed by atoms with Crippen molar-refractivity contribution in [1.82, 2.24) is 15.3 Å². The van der Waals surface area contributed by atoms with E-state index in [1.165, 1.54) is 6.42 Å². The number of aromatic nitrogens is 2. The van der Waals surface area contributed by atoms with E-state index < -0.39 is 0 Å². The number of carbonyl (C=O) groups is 1. The maximum Gasteiger partial charge on any atom is 0.258 e. The zero-order valence-corrected chi connectivity index (χ0v) is 12.6. The number of amides is 1. The summed E-state index contributed by atoms with van der Waals surface area (Å²) in [6, 6.07) is 7.28. The highest BCUT2D eigenvalue weighted by Gasteiger charge is 2.20. The third-order valence-electron chi connectivity index (χ3n) is 4.30. The molecule has 22 heavy (non-hydrogen) atoms. The van der Waals surface area contributed by atoms with Crippen molar-refractivity contribution in [3.63, 3.8) is 0 Å². The molecule has 1 fully saturated rings. The Morgan fingerprint density at radius 3 is 2.82 bits per heavy atom. The second kappa shape index (κ2) is 6.73. The van der Waals surface area contributed by atoms with Crippen LogP contribution < -0.4 is 10.9 Å². The number of nitrogens with zero attached hydrogens (tertiary/aromatic N) is 1. The molecule has 1 amide bonds. The van der Waals surface area contributed by atoms with E-state index in [0.717, 1.165) is 25.7 Å². The summed E-state index contributed by atoms with van der Waals surface area (Å²) in [6.45, 7) is 0.511. The number of nitrogens with one attached hydrogen (secondary N) is 2. The van der Waals surface area contributed by atoms with Gasteiger partial charge in [0.05, 0.1) is 10.9 Å². The molecule has 0 aliphatic heterocycles. The summed E-state index contributed by atoms with van der Waals surface area (Å²) in [5.41, 5.74) is 0.569. The molecule has 0 radical (unpaired) electrons. The van der Waals surface area contributed by atoms with E-state index >= 15 is 0 Å². The Morgan fingerprint density at radius 1 is 1.23 bits per heavy atom. The van der Waals surface area contributed by atoms with Crippen molar-refractivity contribution < 1.29 is 4.79 Å². The predicted octanol–water partition coefficient (Wildman–Crippen LogP) is 2.16. The van der Waals surface area contributed by atoms with E-state index in [9.17, 15) is 9.59 Å². The summed E-state index contributed by atoms with van der Waals surface area (Å²) in [5, 5.41) is 3.56. The molecular weight excluding hydrogens is 278 g/mol. The minimum atomic E-state index is -0.126. The lowest BCUT2D eigenvalue weighted by Crippen LogP contribution is -2.33. The van der Waals surface area contributed by atoms with Crippen LogP contribution in [0.15, 0.2) is 29.1 Å². The lowest BCUT2D eigenvalue weighted by atomic mass is 9.89. The van der Waals surface area contributed by atoms with Crippen LogP contribution in [-0.4, -0.2) is 22.4 Å². The summed E-state index contributed by atoms with van der Waals surface area (Å²) in [4.78, 5) is 31.2. The minimum absolute atomic E-state index is 0.126. The molecule has 1 aliphatic rings. The Hall–Kier alpha value is -2.17. The second-order valence-electron chi connectivity index (χ2n) is 5.91. The number of H-pyrrole nitrogens is 1. The van der Waals surface area contributed by atoms with Crippen LogP contribution in [0.4, 0.5) is 0 Å². The molecule has 5 heteroatoms. The van der Waals surface area contributed by atoms with Crippen LogP contribution in [0.3, 0.4) is 0 Å². The van der Waals surface area contributed by atoms with Crippen molar-refractivity contribution in [2.75, 3.05) is 6.54 Å². The van der Waals surface area contributed by atoms with E-state index in [2.05, 4.69) is 15.3 Å². The molecule has 116 valence electrons. The smallest absolute Gasteiger partial charge is 0.258 e. The molecule has 2 N–H and O–H groups in total. The molecular formula is C17H21N3O2. The predicted molar refractivity (Wildman–Crippen MR) is 85.7 cm³/mol. The topological polar surface area (TPSA) is 74.8 Å². The fourth-order valence-electron chi connectivity index (χ4n) is 3.07. The number of rotatable bonds is 4. The van der Waals surface area contributed by atoms with Crippen molar-refractivity contribution in [3.05, 3.63) is 40.4 Å². The second-order valence-corrected chi connectivity index (χ2v) is 5.91. The van der Waals surface area contributed by atoms with Gasteiger partial charge in [-0.2, -0.15) is 0 Å². The fraction of sp³-hybridized carbons (Fsp3) is 0.471. The first kappa shape index (κ1) is 14.8. The van der Waals surface area contributed by atoms with Gasteiger partial charge in [0, 0.05) is 18.9 Å². The maximum absolute atomic E-state index is 12.1. The first-order chi connectivity index (χ1) is 10.7. The number of hydrogen-bond acceptors (Lipinski definition) is 3. The zero-order chi connectivity index (χ0) is 15.4. The van der Waals surface area contributed by atoms with Crippen molar-refractivity contribution in [1.29, 1.82) is 0 Å². The molecule has 0 spiro atoms. The third-order valence-corrected chi connectivity index (χ3v) is 4.30. The summed E-state index contributed by atoms with van der Waals surface area (Å²) in [6.07, 6.45) is 6.08. The number of para-hydroxylation sites is 1. The monoisotopic (exact) mass is 299 g/mol. The maximum atomic E-state index is 12.1. The third kappa shape index (κ3) is 3.35. The molecule has 0 saturated heterocycles.